The van der Waals surface area contributed by atoms with E-state index in [0.29, 0.717) is 5.92 Å². The molecule has 51 heavy (non-hydrogen) atoms. The zero-order valence-corrected chi connectivity index (χ0v) is 28.6. The number of allylic oxidation sites excluding steroid dienone is 2. The Labute approximate surface area is 299 Å². The molecular formula is C50H30S. The van der Waals surface area contributed by atoms with Gasteiger partial charge < -0.3 is 0 Å². The van der Waals surface area contributed by atoms with Crippen LogP contribution in [0.25, 0.3) is 109 Å². The van der Waals surface area contributed by atoms with E-state index in [-0.39, 0.29) is 0 Å². The normalized spacial score (nSPS) is 15.0. The number of hydrogen-bond acceptors (Lipinski definition) is 1. The molecule has 1 aromatic heterocycles. The summed E-state index contributed by atoms with van der Waals surface area (Å²) in [6.07, 6.45) is 10.4. The van der Waals surface area contributed by atoms with Crippen molar-refractivity contribution in [3.8, 4) is 33.4 Å². The van der Waals surface area contributed by atoms with Gasteiger partial charge in [0.1, 0.15) is 0 Å². The van der Waals surface area contributed by atoms with E-state index < -0.39 is 0 Å². The quantitative estimate of drug-likeness (QED) is 0.165. The second kappa shape index (κ2) is 10.3. The molecule has 0 N–H and O–H groups in total. The van der Waals surface area contributed by atoms with Crippen molar-refractivity contribution in [3.05, 3.63) is 168 Å². The molecule has 12 rings (SSSR count). The maximum atomic E-state index is 2.40. The van der Waals surface area contributed by atoms with Gasteiger partial charge in [0.2, 0.25) is 0 Å². The molecule has 0 amide bonds. The predicted octanol–water partition coefficient (Wildman–Crippen LogP) is 14.6. The van der Waals surface area contributed by atoms with Crippen molar-refractivity contribution in [2.45, 2.75) is 12.3 Å². The van der Waals surface area contributed by atoms with Crippen LogP contribution in [0.5, 0.6) is 0 Å². The van der Waals surface area contributed by atoms with Gasteiger partial charge in [-0.3, -0.25) is 0 Å². The second-order valence-corrected chi connectivity index (χ2v) is 15.5. The minimum atomic E-state index is 0.506. The number of fused-ring (bicyclic) bond motifs is 3. The van der Waals surface area contributed by atoms with E-state index in [1.807, 2.05) is 11.3 Å². The van der Waals surface area contributed by atoms with Crippen LogP contribution in [0.3, 0.4) is 0 Å². The standard InChI is InChI=1S/C50H30S/c1-3-31-11-15-37-23-41(24-38-16-12-32(4-1)47(31)49(37)38)30-9-7-29(8-10-30)35-19-21-43-44-22-20-36(28-46(44)51-45(43)27-35)42-25-39-17-13-33-5-2-6-34-14-18-40(26-42)50(39)48(33)34/h1-3,5-28,32H,4H2. The Morgan fingerprint density at radius 2 is 0.961 bits per heavy atom. The van der Waals surface area contributed by atoms with Crippen LogP contribution in [0.4, 0.5) is 0 Å². The number of hydrogen-bond donors (Lipinski definition) is 0. The Morgan fingerprint density at radius 3 is 1.67 bits per heavy atom. The number of thiophene rings is 1. The topological polar surface area (TPSA) is 0 Å². The molecule has 0 bridgehead atoms. The SMILES string of the molecule is C1=Cc2ccc3cc(-c4ccc(-c5ccc6c(c5)sc5cc(-c7cc8ccc9cccc%10ccc(c7)c8c9%10)ccc56)cc4)cc4c3c2C(C=C4)C1. The third kappa shape index (κ3) is 4.07. The lowest BCUT2D eigenvalue weighted by atomic mass is 9.78. The van der Waals surface area contributed by atoms with Gasteiger partial charge in [0.15, 0.2) is 0 Å². The molecule has 10 aromatic rings. The van der Waals surface area contributed by atoms with Gasteiger partial charge in [-0.25, -0.2) is 0 Å². The Bertz CT molecular complexity index is 3090. The highest BCUT2D eigenvalue weighted by Crippen LogP contribution is 2.44. The molecule has 0 aliphatic heterocycles. The van der Waals surface area contributed by atoms with Crippen molar-refractivity contribution in [2.24, 2.45) is 0 Å². The average Bonchev–Trinajstić information content (AvgIpc) is 3.56. The Balaban J connectivity index is 0.893. The first-order valence-corrected chi connectivity index (χ1v) is 18.7. The van der Waals surface area contributed by atoms with Crippen molar-refractivity contribution in [1.82, 2.24) is 0 Å². The minimum absolute atomic E-state index is 0.506. The van der Waals surface area contributed by atoms with E-state index in [4.69, 9.17) is 0 Å². The van der Waals surface area contributed by atoms with E-state index in [0.717, 1.165) is 6.42 Å². The lowest BCUT2D eigenvalue weighted by molar-refractivity contribution is 0.861. The van der Waals surface area contributed by atoms with E-state index in [9.17, 15) is 0 Å². The van der Waals surface area contributed by atoms with Crippen molar-refractivity contribution in [1.29, 1.82) is 0 Å². The van der Waals surface area contributed by atoms with Crippen molar-refractivity contribution in [3.63, 3.8) is 0 Å². The molecule has 2 aliphatic rings. The Morgan fingerprint density at radius 1 is 0.412 bits per heavy atom. The van der Waals surface area contributed by atoms with E-state index >= 15 is 0 Å². The van der Waals surface area contributed by atoms with E-state index in [1.165, 1.54) is 113 Å². The van der Waals surface area contributed by atoms with Crippen LogP contribution in [0.15, 0.2) is 152 Å². The van der Waals surface area contributed by atoms with Crippen LogP contribution in [0.1, 0.15) is 29.0 Å². The summed E-state index contributed by atoms with van der Waals surface area (Å²) >= 11 is 1.90. The molecule has 1 unspecified atom stereocenters. The highest BCUT2D eigenvalue weighted by atomic mass is 32.1. The highest BCUT2D eigenvalue weighted by molar-refractivity contribution is 7.25. The van der Waals surface area contributed by atoms with Crippen LogP contribution < -0.4 is 0 Å². The summed E-state index contributed by atoms with van der Waals surface area (Å²) in [5.41, 5.74) is 11.8. The third-order valence-corrected chi connectivity index (χ3v) is 12.7. The summed E-state index contributed by atoms with van der Waals surface area (Å²) in [4.78, 5) is 0. The molecular weight excluding hydrogens is 633 g/mol. The summed E-state index contributed by atoms with van der Waals surface area (Å²) in [6.45, 7) is 0. The van der Waals surface area contributed by atoms with Crippen LogP contribution in [0, 0.1) is 0 Å². The first kappa shape index (κ1) is 27.8. The van der Waals surface area contributed by atoms with E-state index in [1.54, 1.807) is 0 Å². The minimum Gasteiger partial charge on any atom is -0.135 e. The summed E-state index contributed by atoms with van der Waals surface area (Å²) in [7, 11) is 0. The van der Waals surface area contributed by atoms with Crippen LogP contribution in [-0.4, -0.2) is 0 Å². The maximum absolute atomic E-state index is 2.40. The fourth-order valence-corrected chi connectivity index (χ4v) is 10.3. The summed E-state index contributed by atoms with van der Waals surface area (Å²) < 4.78 is 2.66. The van der Waals surface area contributed by atoms with Crippen LogP contribution >= 0.6 is 11.3 Å². The average molecular weight is 663 g/mol. The van der Waals surface area contributed by atoms with Gasteiger partial charge in [0, 0.05) is 26.1 Å². The van der Waals surface area contributed by atoms with Crippen LogP contribution in [0.2, 0.25) is 0 Å². The number of benzene rings is 9. The second-order valence-electron chi connectivity index (χ2n) is 14.4. The first-order valence-electron chi connectivity index (χ1n) is 17.9. The van der Waals surface area contributed by atoms with Gasteiger partial charge in [-0.05, 0) is 136 Å². The fraction of sp³-hybridized carbons (Fsp3) is 0.0400. The first-order chi connectivity index (χ1) is 25.2. The third-order valence-electron chi connectivity index (χ3n) is 11.6. The van der Waals surface area contributed by atoms with Gasteiger partial charge in [0.05, 0.1) is 0 Å². The summed E-state index contributed by atoms with van der Waals surface area (Å²) in [5, 5.41) is 13.4. The van der Waals surface area contributed by atoms with Crippen molar-refractivity contribution in [2.75, 3.05) is 0 Å². The molecule has 0 fully saturated rings. The lowest BCUT2D eigenvalue weighted by Gasteiger charge is -2.26. The molecule has 0 nitrogen and oxygen atoms in total. The van der Waals surface area contributed by atoms with E-state index in [2.05, 4.69) is 164 Å². The molecule has 0 saturated heterocycles. The van der Waals surface area contributed by atoms with Gasteiger partial charge in [-0.15, -0.1) is 11.3 Å². The lowest BCUT2D eigenvalue weighted by Crippen LogP contribution is -2.06. The van der Waals surface area contributed by atoms with Crippen molar-refractivity contribution < 1.29 is 0 Å². The van der Waals surface area contributed by atoms with Crippen molar-refractivity contribution >= 4 is 86.8 Å². The van der Waals surface area contributed by atoms with Crippen LogP contribution in [-0.2, 0) is 0 Å². The molecule has 1 heterocycles. The number of rotatable bonds is 3. The smallest absolute Gasteiger partial charge is 0.0361 e. The Kier molecular flexibility index (Phi) is 5.59. The molecule has 9 aromatic carbocycles. The largest absolute Gasteiger partial charge is 0.135 e. The molecule has 236 valence electrons. The summed E-state index contributed by atoms with van der Waals surface area (Å²) in [5.74, 6) is 0.506. The van der Waals surface area contributed by atoms with Gasteiger partial charge in [-0.2, -0.15) is 0 Å². The molecule has 0 radical (unpaired) electrons. The maximum Gasteiger partial charge on any atom is 0.0361 e. The predicted molar refractivity (Wildman–Crippen MR) is 222 cm³/mol. The monoisotopic (exact) mass is 662 g/mol. The summed E-state index contributed by atoms with van der Waals surface area (Å²) in [6, 6.07) is 52.9. The fourth-order valence-electron chi connectivity index (χ4n) is 9.15. The molecule has 1 heteroatoms. The van der Waals surface area contributed by atoms with Gasteiger partial charge >= 0.3 is 0 Å². The molecule has 0 spiro atoms. The molecule has 2 aliphatic carbocycles. The zero-order chi connectivity index (χ0) is 33.2. The highest BCUT2D eigenvalue weighted by Gasteiger charge is 2.22. The molecule has 1 atom stereocenters. The Hall–Kier alpha value is -6.02. The van der Waals surface area contributed by atoms with Gasteiger partial charge in [-0.1, -0.05) is 127 Å². The van der Waals surface area contributed by atoms with Gasteiger partial charge in [0.25, 0.3) is 0 Å². The molecule has 0 saturated carbocycles. The zero-order valence-electron chi connectivity index (χ0n) is 27.8.